The Morgan fingerprint density at radius 1 is 1.22 bits per heavy atom. The van der Waals surface area contributed by atoms with Crippen LogP contribution in [-0.2, 0) is 11.2 Å². The predicted molar refractivity (Wildman–Crippen MR) is 102 cm³/mol. The van der Waals surface area contributed by atoms with E-state index in [2.05, 4.69) is 4.72 Å². The van der Waals surface area contributed by atoms with E-state index in [4.69, 9.17) is 0 Å². The Morgan fingerprint density at radius 3 is 2.63 bits per heavy atom. The Bertz CT molecular complexity index is 788. The predicted octanol–water partition coefficient (Wildman–Crippen LogP) is 4.14. The standard InChI is InChI=1S/C20H21F3N2OS/c1-2-27-24-19-17(25(13-26)12-20(19,22)23)11-15-9-6-10-16(18(15)21)14-7-4-3-5-8-14/h3-10,13,17,19,24H,2,11-12H2,1H3. The van der Waals surface area contributed by atoms with Gasteiger partial charge in [0.1, 0.15) is 11.9 Å². The van der Waals surface area contributed by atoms with Crippen LogP contribution in [0.3, 0.4) is 0 Å². The van der Waals surface area contributed by atoms with Crippen molar-refractivity contribution in [2.45, 2.75) is 31.4 Å². The van der Waals surface area contributed by atoms with Crippen molar-refractivity contribution in [2.24, 2.45) is 0 Å². The third-order valence-electron chi connectivity index (χ3n) is 4.74. The minimum Gasteiger partial charge on any atom is -0.334 e. The van der Waals surface area contributed by atoms with E-state index in [0.29, 0.717) is 23.3 Å². The summed E-state index contributed by atoms with van der Waals surface area (Å²) >= 11 is 1.17. The van der Waals surface area contributed by atoms with Gasteiger partial charge in [0.25, 0.3) is 5.92 Å². The fraction of sp³-hybridized carbons (Fsp3) is 0.350. The molecule has 3 rings (SSSR count). The largest absolute Gasteiger partial charge is 0.334 e. The van der Waals surface area contributed by atoms with Gasteiger partial charge in [0, 0.05) is 11.3 Å². The lowest BCUT2D eigenvalue weighted by Crippen LogP contribution is -2.47. The highest BCUT2D eigenvalue weighted by atomic mass is 32.2. The lowest BCUT2D eigenvalue weighted by Gasteiger charge is -2.26. The van der Waals surface area contributed by atoms with Crippen LogP contribution in [0.15, 0.2) is 48.5 Å². The van der Waals surface area contributed by atoms with Crippen LogP contribution in [0.5, 0.6) is 0 Å². The Morgan fingerprint density at radius 2 is 1.96 bits per heavy atom. The van der Waals surface area contributed by atoms with E-state index >= 15 is 4.39 Å². The number of likely N-dealkylation sites (tertiary alicyclic amines) is 1. The van der Waals surface area contributed by atoms with Crippen LogP contribution in [0.25, 0.3) is 11.1 Å². The van der Waals surface area contributed by atoms with Gasteiger partial charge in [-0.05, 0) is 17.5 Å². The molecule has 1 saturated heterocycles. The van der Waals surface area contributed by atoms with Gasteiger partial charge in [-0.15, -0.1) is 0 Å². The van der Waals surface area contributed by atoms with Crippen molar-refractivity contribution < 1.29 is 18.0 Å². The third-order valence-corrected chi connectivity index (χ3v) is 5.45. The molecule has 2 aromatic carbocycles. The van der Waals surface area contributed by atoms with Crippen molar-refractivity contribution in [1.29, 1.82) is 0 Å². The average Bonchev–Trinajstić information content (AvgIpc) is 2.91. The molecule has 2 atom stereocenters. The van der Waals surface area contributed by atoms with Crippen molar-refractivity contribution in [2.75, 3.05) is 12.3 Å². The quantitative estimate of drug-likeness (QED) is 0.566. The van der Waals surface area contributed by atoms with Crippen LogP contribution in [0.4, 0.5) is 13.2 Å². The van der Waals surface area contributed by atoms with E-state index in [1.165, 1.54) is 11.9 Å². The fourth-order valence-corrected chi connectivity index (χ4v) is 4.10. The maximum absolute atomic E-state index is 15.1. The van der Waals surface area contributed by atoms with Crippen LogP contribution in [0, 0.1) is 5.82 Å². The monoisotopic (exact) mass is 394 g/mol. The maximum Gasteiger partial charge on any atom is 0.283 e. The minimum absolute atomic E-state index is 0.0166. The highest BCUT2D eigenvalue weighted by Crippen LogP contribution is 2.35. The molecule has 0 aromatic heterocycles. The third kappa shape index (κ3) is 4.14. The van der Waals surface area contributed by atoms with Gasteiger partial charge in [-0.3, -0.25) is 9.52 Å². The van der Waals surface area contributed by atoms with Crippen molar-refractivity contribution in [3.05, 3.63) is 59.9 Å². The number of amides is 1. The topological polar surface area (TPSA) is 32.3 Å². The number of alkyl halides is 2. The van der Waals surface area contributed by atoms with Crippen LogP contribution in [0.1, 0.15) is 12.5 Å². The average molecular weight is 394 g/mol. The van der Waals surface area contributed by atoms with Crippen molar-refractivity contribution >= 4 is 18.4 Å². The number of hydrogen-bond donors (Lipinski definition) is 1. The van der Waals surface area contributed by atoms with Crippen molar-refractivity contribution in [1.82, 2.24) is 9.62 Å². The zero-order chi connectivity index (χ0) is 19.4. The van der Waals surface area contributed by atoms with Gasteiger partial charge in [0.15, 0.2) is 0 Å². The molecule has 2 aromatic rings. The zero-order valence-electron chi connectivity index (χ0n) is 14.9. The lowest BCUT2D eigenvalue weighted by molar-refractivity contribution is -0.120. The smallest absolute Gasteiger partial charge is 0.283 e. The molecule has 2 unspecified atom stereocenters. The van der Waals surface area contributed by atoms with Gasteiger partial charge in [-0.2, -0.15) is 0 Å². The molecular weight excluding hydrogens is 373 g/mol. The summed E-state index contributed by atoms with van der Waals surface area (Å²) in [5, 5.41) is 0. The summed E-state index contributed by atoms with van der Waals surface area (Å²) in [5.41, 5.74) is 1.46. The molecule has 144 valence electrons. The number of carbonyl (C=O) groups is 1. The molecule has 1 fully saturated rings. The molecule has 7 heteroatoms. The summed E-state index contributed by atoms with van der Waals surface area (Å²) in [6.07, 6.45) is 0.443. The zero-order valence-corrected chi connectivity index (χ0v) is 15.7. The summed E-state index contributed by atoms with van der Waals surface area (Å²) in [7, 11) is 0. The molecular formula is C20H21F3N2OS. The number of nitrogens with one attached hydrogen (secondary N) is 1. The number of nitrogens with zero attached hydrogens (tertiary/aromatic N) is 1. The molecule has 0 saturated carbocycles. The molecule has 1 amide bonds. The normalized spacial score (nSPS) is 21.4. The Hall–Kier alpha value is -1.99. The molecule has 3 nitrogen and oxygen atoms in total. The number of carbonyl (C=O) groups excluding carboxylic acids is 1. The Labute approximate surface area is 161 Å². The second-order valence-electron chi connectivity index (χ2n) is 6.48. The van der Waals surface area contributed by atoms with E-state index in [1.807, 2.05) is 25.1 Å². The summed E-state index contributed by atoms with van der Waals surface area (Å²) in [6.45, 7) is 1.18. The molecule has 0 radical (unpaired) electrons. The molecule has 1 aliphatic rings. The first-order valence-corrected chi connectivity index (χ1v) is 9.75. The molecule has 1 N–H and O–H groups in total. The van der Waals surface area contributed by atoms with E-state index in [1.54, 1.807) is 30.3 Å². The molecule has 27 heavy (non-hydrogen) atoms. The first kappa shape index (κ1) is 19.8. The van der Waals surface area contributed by atoms with E-state index in [0.717, 1.165) is 10.5 Å². The highest BCUT2D eigenvalue weighted by molar-refractivity contribution is 7.97. The first-order chi connectivity index (χ1) is 13.0. The van der Waals surface area contributed by atoms with Crippen LogP contribution < -0.4 is 4.72 Å². The summed E-state index contributed by atoms with van der Waals surface area (Å²) in [4.78, 5) is 12.4. The minimum atomic E-state index is -3.07. The van der Waals surface area contributed by atoms with Gasteiger partial charge < -0.3 is 4.90 Å². The van der Waals surface area contributed by atoms with Crippen LogP contribution in [0.2, 0.25) is 0 Å². The second kappa shape index (κ2) is 8.35. The molecule has 0 spiro atoms. The van der Waals surface area contributed by atoms with Crippen LogP contribution in [-0.4, -0.2) is 41.6 Å². The highest BCUT2D eigenvalue weighted by Gasteiger charge is 2.54. The van der Waals surface area contributed by atoms with Gasteiger partial charge in [0.2, 0.25) is 6.41 Å². The van der Waals surface area contributed by atoms with E-state index in [9.17, 15) is 13.6 Å². The summed E-state index contributed by atoms with van der Waals surface area (Å²) < 4.78 is 46.7. The fourth-order valence-electron chi connectivity index (χ4n) is 3.42. The Kier molecular flexibility index (Phi) is 6.11. The van der Waals surface area contributed by atoms with Crippen LogP contribution >= 0.6 is 11.9 Å². The molecule has 0 bridgehead atoms. The first-order valence-electron chi connectivity index (χ1n) is 8.77. The van der Waals surface area contributed by atoms with E-state index in [-0.39, 0.29) is 6.42 Å². The number of benzene rings is 2. The number of halogens is 3. The van der Waals surface area contributed by atoms with Gasteiger partial charge in [-0.25, -0.2) is 13.2 Å². The van der Waals surface area contributed by atoms with Crippen molar-refractivity contribution in [3.8, 4) is 11.1 Å². The number of rotatable bonds is 7. The molecule has 1 heterocycles. The van der Waals surface area contributed by atoms with Crippen molar-refractivity contribution in [3.63, 3.8) is 0 Å². The van der Waals surface area contributed by atoms with Gasteiger partial charge in [-0.1, -0.05) is 67.4 Å². The molecule has 0 aliphatic carbocycles. The molecule has 1 aliphatic heterocycles. The lowest BCUT2D eigenvalue weighted by atomic mass is 9.95. The maximum atomic E-state index is 15.1. The summed E-state index contributed by atoms with van der Waals surface area (Å²) in [5.74, 6) is -2.90. The van der Waals surface area contributed by atoms with Gasteiger partial charge in [0.05, 0.1) is 12.6 Å². The van der Waals surface area contributed by atoms with E-state index < -0.39 is 30.4 Å². The Balaban J connectivity index is 1.91. The summed E-state index contributed by atoms with van der Waals surface area (Å²) in [6, 6.07) is 12.0. The van der Waals surface area contributed by atoms with Gasteiger partial charge >= 0.3 is 0 Å². The SMILES string of the molecule is CCSNC1C(Cc2cccc(-c3ccccc3)c2F)N(C=O)CC1(F)F. The number of hydrogen-bond acceptors (Lipinski definition) is 3. The second-order valence-corrected chi connectivity index (χ2v) is 7.59.